The molecule has 5 nitrogen and oxygen atoms in total. The van der Waals surface area contributed by atoms with Crippen molar-refractivity contribution < 1.29 is 13.5 Å². The monoisotopic (exact) mass is 298 g/mol. The summed E-state index contributed by atoms with van der Waals surface area (Å²) in [5.41, 5.74) is 2.43. The maximum absolute atomic E-state index is 11.4. The van der Waals surface area contributed by atoms with Gasteiger partial charge in [0, 0.05) is 19.6 Å². The van der Waals surface area contributed by atoms with Crippen molar-refractivity contribution in [3.05, 3.63) is 35.4 Å². The lowest BCUT2D eigenvalue weighted by atomic mass is 9.93. The van der Waals surface area contributed by atoms with Crippen LogP contribution in [-0.2, 0) is 16.4 Å². The molecule has 0 saturated heterocycles. The van der Waals surface area contributed by atoms with Crippen molar-refractivity contribution in [3.63, 3.8) is 0 Å². The molecule has 1 aliphatic rings. The van der Waals surface area contributed by atoms with Crippen LogP contribution >= 0.6 is 0 Å². The van der Waals surface area contributed by atoms with Gasteiger partial charge in [-0.2, -0.15) is 0 Å². The van der Waals surface area contributed by atoms with Crippen LogP contribution in [0.3, 0.4) is 0 Å². The second-order valence-corrected chi connectivity index (χ2v) is 7.08. The Bertz CT molecular complexity index is 545. The number of hydrogen-bond acceptors (Lipinski definition) is 4. The molecule has 0 unspecified atom stereocenters. The summed E-state index contributed by atoms with van der Waals surface area (Å²) in [5, 5.41) is 9.63. The molecule has 1 heterocycles. The number of rotatable bonds is 6. The smallest absolute Gasteiger partial charge is 0.211 e. The molecule has 0 saturated carbocycles. The maximum Gasteiger partial charge on any atom is 0.211 e. The van der Waals surface area contributed by atoms with Crippen LogP contribution in [-0.4, -0.2) is 50.4 Å². The molecule has 112 valence electrons. The molecule has 20 heavy (non-hydrogen) atoms. The Morgan fingerprint density at radius 2 is 2.15 bits per heavy atom. The molecule has 1 atom stereocenters. The summed E-state index contributed by atoms with van der Waals surface area (Å²) in [4.78, 5) is 2.14. The lowest BCUT2D eigenvalue weighted by molar-refractivity contribution is 0.116. The average molecular weight is 298 g/mol. The molecule has 0 aliphatic carbocycles. The Morgan fingerprint density at radius 3 is 2.85 bits per heavy atom. The van der Waals surface area contributed by atoms with Crippen molar-refractivity contribution in [2.75, 3.05) is 32.0 Å². The zero-order valence-corrected chi connectivity index (χ0v) is 12.6. The largest absolute Gasteiger partial charge is 0.394 e. The first kappa shape index (κ1) is 15.4. The van der Waals surface area contributed by atoms with E-state index in [1.54, 1.807) is 6.92 Å². The third-order valence-electron chi connectivity index (χ3n) is 3.80. The zero-order chi connectivity index (χ0) is 14.6. The summed E-state index contributed by atoms with van der Waals surface area (Å²) in [7, 11) is -3.14. The van der Waals surface area contributed by atoms with E-state index in [0.29, 0.717) is 13.1 Å². The summed E-state index contributed by atoms with van der Waals surface area (Å²) in [6.45, 7) is 3.51. The molecular weight excluding hydrogens is 276 g/mol. The van der Waals surface area contributed by atoms with E-state index < -0.39 is 10.0 Å². The van der Waals surface area contributed by atoms with Crippen LogP contribution in [0.2, 0.25) is 0 Å². The number of benzene rings is 1. The van der Waals surface area contributed by atoms with E-state index in [2.05, 4.69) is 15.7 Å². The van der Waals surface area contributed by atoms with Crippen molar-refractivity contribution in [3.8, 4) is 0 Å². The molecule has 0 radical (unpaired) electrons. The number of aliphatic hydroxyl groups excluding tert-OH is 1. The summed E-state index contributed by atoms with van der Waals surface area (Å²) >= 11 is 0. The van der Waals surface area contributed by atoms with Crippen LogP contribution in [0.1, 0.15) is 24.1 Å². The van der Waals surface area contributed by atoms with Crippen LogP contribution in [0.4, 0.5) is 0 Å². The summed E-state index contributed by atoms with van der Waals surface area (Å²) in [5.74, 6) is 0.0965. The highest BCUT2D eigenvalue weighted by Crippen LogP contribution is 2.28. The summed E-state index contributed by atoms with van der Waals surface area (Å²) in [6, 6.07) is 8.09. The first-order chi connectivity index (χ1) is 9.57. The van der Waals surface area contributed by atoms with E-state index in [9.17, 15) is 13.5 Å². The second-order valence-electron chi connectivity index (χ2n) is 4.98. The topological polar surface area (TPSA) is 69.6 Å². The van der Waals surface area contributed by atoms with E-state index in [-0.39, 0.29) is 18.4 Å². The van der Waals surface area contributed by atoms with Gasteiger partial charge < -0.3 is 5.11 Å². The number of aliphatic hydroxyl groups is 1. The lowest BCUT2D eigenvalue weighted by Gasteiger charge is -2.36. The van der Waals surface area contributed by atoms with Crippen LogP contribution < -0.4 is 4.72 Å². The first-order valence-electron chi connectivity index (χ1n) is 6.97. The molecule has 2 N–H and O–H groups in total. The molecule has 1 aromatic rings. The van der Waals surface area contributed by atoms with Gasteiger partial charge in [0.2, 0.25) is 10.0 Å². The number of fused-ring (bicyclic) bond motifs is 1. The molecule has 0 aromatic heterocycles. The molecule has 2 rings (SSSR count). The SMILES string of the molecule is CCS(=O)(=O)NCCN1CCc2ccccc2[C@H]1CO. The van der Waals surface area contributed by atoms with Crippen molar-refractivity contribution in [1.29, 1.82) is 0 Å². The third-order valence-corrected chi connectivity index (χ3v) is 5.20. The minimum Gasteiger partial charge on any atom is -0.394 e. The van der Waals surface area contributed by atoms with Gasteiger partial charge in [-0.15, -0.1) is 0 Å². The number of sulfonamides is 1. The Balaban J connectivity index is 2.00. The Hall–Kier alpha value is -0.950. The minimum absolute atomic E-state index is 0.0360. The first-order valence-corrected chi connectivity index (χ1v) is 8.62. The van der Waals surface area contributed by atoms with Gasteiger partial charge in [0.1, 0.15) is 0 Å². The van der Waals surface area contributed by atoms with Crippen LogP contribution in [0.15, 0.2) is 24.3 Å². The van der Waals surface area contributed by atoms with E-state index in [1.807, 2.05) is 18.2 Å². The predicted octanol–water partition coefficient (Wildman–Crippen LogP) is 0.517. The zero-order valence-electron chi connectivity index (χ0n) is 11.7. The van der Waals surface area contributed by atoms with Crippen LogP contribution in [0.5, 0.6) is 0 Å². The van der Waals surface area contributed by atoms with E-state index in [1.165, 1.54) is 5.56 Å². The van der Waals surface area contributed by atoms with E-state index in [4.69, 9.17) is 0 Å². The highest BCUT2D eigenvalue weighted by atomic mass is 32.2. The third kappa shape index (κ3) is 3.58. The minimum atomic E-state index is -3.14. The molecular formula is C14H22N2O3S. The fourth-order valence-electron chi connectivity index (χ4n) is 2.63. The maximum atomic E-state index is 11.4. The van der Waals surface area contributed by atoms with Crippen LogP contribution in [0, 0.1) is 0 Å². The predicted molar refractivity (Wildman–Crippen MR) is 79.0 cm³/mol. The molecule has 0 spiro atoms. The fraction of sp³-hybridized carbons (Fsp3) is 0.571. The second kappa shape index (κ2) is 6.67. The number of nitrogens with zero attached hydrogens (tertiary/aromatic N) is 1. The van der Waals surface area contributed by atoms with E-state index >= 15 is 0 Å². The van der Waals surface area contributed by atoms with Crippen molar-refractivity contribution in [1.82, 2.24) is 9.62 Å². The number of hydrogen-bond donors (Lipinski definition) is 2. The van der Waals surface area contributed by atoms with Gasteiger partial charge in [-0.3, -0.25) is 4.90 Å². The molecule has 0 fully saturated rings. The van der Waals surface area contributed by atoms with Gasteiger partial charge >= 0.3 is 0 Å². The standard InChI is InChI=1S/C14H22N2O3S/c1-2-20(18,19)15-8-10-16-9-7-12-5-3-4-6-13(12)14(16)11-17/h3-6,14-15,17H,2,7-11H2,1H3/t14-/m1/s1. The number of nitrogens with one attached hydrogen (secondary N) is 1. The Kier molecular flexibility index (Phi) is 5.15. The highest BCUT2D eigenvalue weighted by Gasteiger charge is 2.26. The van der Waals surface area contributed by atoms with E-state index in [0.717, 1.165) is 18.5 Å². The molecule has 1 aromatic carbocycles. The van der Waals surface area contributed by atoms with Gasteiger partial charge in [-0.05, 0) is 24.5 Å². The Morgan fingerprint density at radius 1 is 1.40 bits per heavy atom. The quantitative estimate of drug-likeness (QED) is 0.803. The van der Waals surface area contributed by atoms with Gasteiger partial charge in [0.05, 0.1) is 18.4 Å². The van der Waals surface area contributed by atoms with Gasteiger partial charge in [-0.25, -0.2) is 13.1 Å². The van der Waals surface area contributed by atoms with Crippen molar-refractivity contribution >= 4 is 10.0 Å². The van der Waals surface area contributed by atoms with Crippen molar-refractivity contribution in [2.45, 2.75) is 19.4 Å². The molecule has 0 bridgehead atoms. The summed E-state index contributed by atoms with van der Waals surface area (Å²) < 4.78 is 25.4. The fourth-order valence-corrected chi connectivity index (χ4v) is 3.24. The normalized spacial score (nSPS) is 19.8. The Labute approximate surface area is 120 Å². The molecule has 1 aliphatic heterocycles. The van der Waals surface area contributed by atoms with Gasteiger partial charge in [-0.1, -0.05) is 24.3 Å². The molecule has 0 amide bonds. The van der Waals surface area contributed by atoms with Gasteiger partial charge in [0.15, 0.2) is 0 Å². The van der Waals surface area contributed by atoms with Crippen LogP contribution in [0.25, 0.3) is 0 Å². The molecule has 6 heteroatoms. The van der Waals surface area contributed by atoms with Gasteiger partial charge in [0.25, 0.3) is 0 Å². The summed E-state index contributed by atoms with van der Waals surface area (Å²) in [6.07, 6.45) is 0.938. The lowest BCUT2D eigenvalue weighted by Crippen LogP contribution is -2.42. The van der Waals surface area contributed by atoms with Crippen molar-refractivity contribution in [2.24, 2.45) is 0 Å². The highest BCUT2D eigenvalue weighted by molar-refractivity contribution is 7.89. The average Bonchev–Trinajstić information content (AvgIpc) is 2.46.